The second-order valence-electron chi connectivity index (χ2n) is 3.85. The van der Waals surface area contributed by atoms with E-state index in [9.17, 15) is 0 Å². The van der Waals surface area contributed by atoms with E-state index in [1.165, 1.54) is 11.5 Å². The van der Waals surface area contributed by atoms with Crippen LogP contribution in [0.4, 0.5) is 0 Å². The first kappa shape index (κ1) is 12.4. The Morgan fingerprint density at radius 2 is 2.38 bits per heavy atom. The zero-order valence-corrected chi connectivity index (χ0v) is 11.3. The molecule has 1 saturated heterocycles. The van der Waals surface area contributed by atoms with Crippen molar-refractivity contribution in [2.24, 2.45) is 0 Å². The molecule has 0 amide bonds. The van der Waals surface area contributed by atoms with Crippen LogP contribution in [-0.2, 0) is 6.54 Å². The molecular formula is C10H13Cl2N3S. The van der Waals surface area contributed by atoms with Crippen LogP contribution in [0.2, 0.25) is 10.4 Å². The molecule has 1 aromatic heterocycles. The van der Waals surface area contributed by atoms with Gasteiger partial charge in [0.2, 0.25) is 5.28 Å². The van der Waals surface area contributed by atoms with Gasteiger partial charge in [-0.1, -0.05) is 11.6 Å². The van der Waals surface area contributed by atoms with Gasteiger partial charge in [0, 0.05) is 42.4 Å². The highest BCUT2D eigenvalue weighted by Gasteiger charge is 2.19. The summed E-state index contributed by atoms with van der Waals surface area (Å²) in [6.07, 6.45) is 1.71. The summed E-state index contributed by atoms with van der Waals surface area (Å²) >= 11 is 13.7. The Morgan fingerprint density at radius 3 is 3.06 bits per heavy atom. The summed E-state index contributed by atoms with van der Waals surface area (Å²) in [7, 11) is 0. The van der Waals surface area contributed by atoms with E-state index in [1.807, 2.05) is 11.8 Å². The predicted molar refractivity (Wildman–Crippen MR) is 69.2 cm³/mol. The van der Waals surface area contributed by atoms with Gasteiger partial charge in [-0.05, 0) is 18.5 Å². The first-order valence-corrected chi connectivity index (χ1v) is 7.06. The Morgan fingerprint density at radius 1 is 1.56 bits per heavy atom. The fourth-order valence-corrected chi connectivity index (χ4v) is 3.13. The van der Waals surface area contributed by atoms with Crippen molar-refractivity contribution in [3.63, 3.8) is 0 Å². The number of hydrogen-bond donors (Lipinski definition) is 0. The van der Waals surface area contributed by atoms with E-state index < -0.39 is 0 Å². The minimum absolute atomic E-state index is 0.205. The first-order chi connectivity index (χ1) is 7.66. The number of hydrogen-bond acceptors (Lipinski definition) is 4. The van der Waals surface area contributed by atoms with Gasteiger partial charge >= 0.3 is 0 Å². The molecule has 6 heteroatoms. The van der Waals surface area contributed by atoms with Gasteiger partial charge in [0.25, 0.3) is 0 Å². The predicted octanol–water partition coefficient (Wildman–Crippen LogP) is 2.72. The van der Waals surface area contributed by atoms with Crippen LogP contribution >= 0.6 is 35.0 Å². The molecule has 1 atom stereocenters. The number of rotatable bonds is 2. The molecule has 1 aliphatic rings. The minimum Gasteiger partial charge on any atom is -0.295 e. The average Bonchev–Trinajstić information content (AvgIpc) is 2.25. The summed E-state index contributed by atoms with van der Waals surface area (Å²) in [6.45, 7) is 4.12. The maximum absolute atomic E-state index is 6.03. The monoisotopic (exact) mass is 277 g/mol. The van der Waals surface area contributed by atoms with Crippen molar-refractivity contribution >= 4 is 35.0 Å². The summed E-state index contributed by atoms with van der Waals surface area (Å²) in [6, 6.07) is 0.575. The van der Waals surface area contributed by atoms with Crippen molar-refractivity contribution in [1.82, 2.24) is 14.9 Å². The summed E-state index contributed by atoms with van der Waals surface area (Å²) in [5, 5.41) is 0.668. The minimum atomic E-state index is 0.205. The van der Waals surface area contributed by atoms with E-state index in [-0.39, 0.29) is 5.28 Å². The topological polar surface area (TPSA) is 29.0 Å². The lowest BCUT2D eigenvalue weighted by Gasteiger charge is -2.32. The van der Waals surface area contributed by atoms with Crippen LogP contribution in [-0.4, -0.2) is 39.0 Å². The second kappa shape index (κ2) is 5.54. The number of thioether (sulfide) groups is 1. The molecule has 16 heavy (non-hydrogen) atoms. The Labute approximate surface area is 110 Å². The molecule has 2 rings (SSSR count). The van der Waals surface area contributed by atoms with E-state index in [2.05, 4.69) is 21.8 Å². The third-order valence-electron chi connectivity index (χ3n) is 2.66. The molecule has 1 fully saturated rings. The first-order valence-electron chi connectivity index (χ1n) is 5.15. The maximum atomic E-state index is 6.03. The van der Waals surface area contributed by atoms with Crippen LogP contribution in [0.5, 0.6) is 0 Å². The highest BCUT2D eigenvalue weighted by molar-refractivity contribution is 7.99. The van der Waals surface area contributed by atoms with Gasteiger partial charge in [-0.25, -0.2) is 9.97 Å². The Bertz CT molecular complexity index is 375. The smallest absolute Gasteiger partial charge is 0.223 e. The number of halogens is 2. The summed E-state index contributed by atoms with van der Waals surface area (Å²) in [4.78, 5) is 10.3. The third kappa shape index (κ3) is 3.00. The largest absolute Gasteiger partial charge is 0.295 e. The van der Waals surface area contributed by atoms with Crippen molar-refractivity contribution in [2.75, 3.05) is 18.1 Å². The van der Waals surface area contributed by atoms with E-state index in [0.29, 0.717) is 11.2 Å². The van der Waals surface area contributed by atoms with Crippen molar-refractivity contribution < 1.29 is 0 Å². The molecule has 1 aliphatic heterocycles. The van der Waals surface area contributed by atoms with Gasteiger partial charge in [0.1, 0.15) is 5.15 Å². The Hall–Kier alpha value is -0.0300. The van der Waals surface area contributed by atoms with Gasteiger partial charge in [-0.2, -0.15) is 11.8 Å². The molecule has 0 radical (unpaired) electrons. The Kier molecular flexibility index (Phi) is 4.30. The molecular weight excluding hydrogens is 265 g/mol. The molecule has 0 N–H and O–H groups in total. The molecule has 2 heterocycles. The average molecular weight is 278 g/mol. The summed E-state index contributed by atoms with van der Waals surface area (Å²) in [5.41, 5.74) is 0.949. The molecule has 0 aromatic carbocycles. The van der Waals surface area contributed by atoms with Gasteiger partial charge in [0.15, 0.2) is 0 Å². The fraction of sp³-hybridized carbons (Fsp3) is 0.600. The van der Waals surface area contributed by atoms with Crippen LogP contribution in [0.3, 0.4) is 0 Å². The van der Waals surface area contributed by atoms with E-state index >= 15 is 0 Å². The Balaban J connectivity index is 2.07. The molecule has 0 spiro atoms. The van der Waals surface area contributed by atoms with Crippen LogP contribution in [0.1, 0.15) is 12.5 Å². The molecule has 0 bridgehead atoms. The van der Waals surface area contributed by atoms with Crippen LogP contribution in [0.15, 0.2) is 6.20 Å². The normalized spacial score (nSPS) is 22.3. The highest BCUT2D eigenvalue weighted by Crippen LogP contribution is 2.21. The van der Waals surface area contributed by atoms with Gasteiger partial charge < -0.3 is 0 Å². The van der Waals surface area contributed by atoms with Crippen molar-refractivity contribution in [3.05, 3.63) is 22.2 Å². The molecule has 3 nitrogen and oxygen atoms in total. The molecule has 1 aromatic rings. The maximum Gasteiger partial charge on any atom is 0.223 e. The molecule has 88 valence electrons. The number of aromatic nitrogens is 2. The summed E-state index contributed by atoms with van der Waals surface area (Å²) < 4.78 is 0. The second-order valence-corrected chi connectivity index (χ2v) is 5.70. The SMILES string of the molecule is CC1CSCCN1Cc1cnc(Cl)nc1Cl. The van der Waals surface area contributed by atoms with Gasteiger partial charge in [-0.15, -0.1) is 0 Å². The van der Waals surface area contributed by atoms with Crippen LogP contribution < -0.4 is 0 Å². The highest BCUT2D eigenvalue weighted by atomic mass is 35.5. The zero-order valence-electron chi connectivity index (χ0n) is 8.99. The van der Waals surface area contributed by atoms with E-state index in [1.54, 1.807) is 6.20 Å². The van der Waals surface area contributed by atoms with E-state index in [4.69, 9.17) is 23.2 Å². The standard InChI is InChI=1S/C10H13Cl2N3S/c1-7-6-16-3-2-15(7)5-8-4-13-10(12)14-9(8)11/h4,7H,2-3,5-6H2,1H3. The molecule has 0 aliphatic carbocycles. The number of nitrogens with zero attached hydrogens (tertiary/aromatic N) is 3. The molecule has 1 unspecified atom stereocenters. The van der Waals surface area contributed by atoms with Crippen molar-refractivity contribution in [3.8, 4) is 0 Å². The third-order valence-corrected chi connectivity index (χ3v) is 4.36. The van der Waals surface area contributed by atoms with Crippen LogP contribution in [0.25, 0.3) is 0 Å². The van der Waals surface area contributed by atoms with Crippen molar-refractivity contribution in [2.45, 2.75) is 19.5 Å². The van der Waals surface area contributed by atoms with Crippen LogP contribution in [0, 0.1) is 0 Å². The summed E-state index contributed by atoms with van der Waals surface area (Å²) in [5.74, 6) is 2.35. The lowest BCUT2D eigenvalue weighted by Crippen LogP contribution is -2.39. The van der Waals surface area contributed by atoms with Crippen molar-refractivity contribution in [1.29, 1.82) is 0 Å². The lowest BCUT2D eigenvalue weighted by molar-refractivity contribution is 0.223. The lowest BCUT2D eigenvalue weighted by atomic mass is 10.2. The zero-order chi connectivity index (χ0) is 11.5. The molecule has 0 saturated carbocycles. The van der Waals surface area contributed by atoms with Gasteiger partial charge in [-0.3, -0.25) is 4.90 Å². The quantitative estimate of drug-likeness (QED) is 0.614. The van der Waals surface area contributed by atoms with E-state index in [0.717, 1.165) is 18.7 Å². The fourth-order valence-electron chi connectivity index (χ4n) is 1.69. The van der Waals surface area contributed by atoms with Gasteiger partial charge in [0.05, 0.1) is 0 Å².